The average molecular weight is 308 g/mol. The summed E-state index contributed by atoms with van der Waals surface area (Å²) in [5.74, 6) is 1.23. The second-order valence-corrected chi connectivity index (χ2v) is 7.54. The molecule has 3 rings (SSSR count). The first-order chi connectivity index (χ1) is 9.72. The maximum Gasteiger partial charge on any atom is 0.223 e. The summed E-state index contributed by atoms with van der Waals surface area (Å²) < 4.78 is 0.348. The number of nitrogens with zero attached hydrogens (tertiary/aromatic N) is 2. The molecule has 108 valence electrons. The van der Waals surface area contributed by atoms with Crippen LogP contribution in [0.2, 0.25) is 0 Å². The van der Waals surface area contributed by atoms with E-state index in [1.165, 1.54) is 32.1 Å². The quantitative estimate of drug-likeness (QED) is 0.900. The summed E-state index contributed by atoms with van der Waals surface area (Å²) in [6, 6.07) is 2.06. The van der Waals surface area contributed by atoms with Crippen molar-refractivity contribution >= 4 is 45.1 Å². The average Bonchev–Trinajstić information content (AvgIpc) is 2.94. The molecule has 0 unspecified atom stereocenters. The molecular formula is C14H20N4S2. The molecule has 0 bridgehead atoms. The van der Waals surface area contributed by atoms with Gasteiger partial charge in [-0.05, 0) is 30.5 Å². The summed E-state index contributed by atoms with van der Waals surface area (Å²) in [5, 5.41) is 6.65. The Morgan fingerprint density at radius 3 is 2.90 bits per heavy atom. The van der Waals surface area contributed by atoms with Gasteiger partial charge in [0, 0.05) is 11.3 Å². The van der Waals surface area contributed by atoms with Crippen LogP contribution in [0.3, 0.4) is 0 Å². The van der Waals surface area contributed by atoms with Gasteiger partial charge < -0.3 is 11.1 Å². The van der Waals surface area contributed by atoms with E-state index >= 15 is 0 Å². The second kappa shape index (κ2) is 5.77. The smallest absolute Gasteiger partial charge is 0.223 e. The highest BCUT2D eigenvalue weighted by atomic mass is 32.2. The van der Waals surface area contributed by atoms with Crippen molar-refractivity contribution in [3.8, 4) is 0 Å². The van der Waals surface area contributed by atoms with Crippen molar-refractivity contribution in [3.05, 3.63) is 11.4 Å². The van der Waals surface area contributed by atoms with Gasteiger partial charge in [-0.2, -0.15) is 16.7 Å². The molecule has 2 aromatic rings. The molecule has 1 aliphatic rings. The van der Waals surface area contributed by atoms with Crippen LogP contribution in [-0.4, -0.2) is 27.5 Å². The number of nitrogens with two attached hydrogens (primary N) is 1. The van der Waals surface area contributed by atoms with Gasteiger partial charge in [-0.25, -0.2) is 4.98 Å². The monoisotopic (exact) mass is 308 g/mol. The van der Waals surface area contributed by atoms with Crippen molar-refractivity contribution in [3.63, 3.8) is 0 Å². The minimum atomic E-state index is 0.348. The fraction of sp³-hybridized carbons (Fsp3) is 0.571. The number of hydrogen-bond acceptors (Lipinski definition) is 6. The molecule has 4 nitrogen and oxygen atoms in total. The molecule has 2 heterocycles. The van der Waals surface area contributed by atoms with E-state index in [2.05, 4.69) is 27.6 Å². The molecule has 0 radical (unpaired) electrons. The van der Waals surface area contributed by atoms with E-state index in [1.807, 2.05) is 17.1 Å². The summed E-state index contributed by atoms with van der Waals surface area (Å²) >= 11 is 3.60. The maximum absolute atomic E-state index is 5.80. The van der Waals surface area contributed by atoms with Gasteiger partial charge in [0.05, 0.1) is 5.39 Å². The van der Waals surface area contributed by atoms with Crippen LogP contribution in [0.15, 0.2) is 11.4 Å². The number of anilines is 2. The van der Waals surface area contributed by atoms with Gasteiger partial charge in [0.15, 0.2) is 0 Å². The molecule has 0 saturated heterocycles. The molecule has 1 saturated carbocycles. The fourth-order valence-corrected chi connectivity index (χ4v) is 4.59. The van der Waals surface area contributed by atoms with Crippen LogP contribution in [0.1, 0.15) is 32.1 Å². The molecule has 0 aromatic carbocycles. The molecule has 6 heteroatoms. The Morgan fingerprint density at radius 1 is 1.35 bits per heavy atom. The lowest BCUT2D eigenvalue weighted by Crippen LogP contribution is -2.35. The Labute approximate surface area is 127 Å². The van der Waals surface area contributed by atoms with Crippen molar-refractivity contribution < 1.29 is 0 Å². The summed E-state index contributed by atoms with van der Waals surface area (Å²) in [7, 11) is 0. The van der Waals surface area contributed by atoms with E-state index in [0.717, 1.165) is 22.6 Å². The molecule has 3 N–H and O–H groups in total. The van der Waals surface area contributed by atoms with Crippen LogP contribution < -0.4 is 11.1 Å². The first kappa shape index (κ1) is 13.9. The Bertz CT molecular complexity index is 590. The van der Waals surface area contributed by atoms with Crippen LogP contribution in [-0.2, 0) is 0 Å². The van der Waals surface area contributed by atoms with Gasteiger partial charge in [-0.3, -0.25) is 0 Å². The molecule has 0 atom stereocenters. The summed E-state index contributed by atoms with van der Waals surface area (Å²) in [5.41, 5.74) is 5.80. The third-order valence-corrected chi connectivity index (χ3v) is 6.34. The van der Waals surface area contributed by atoms with Crippen molar-refractivity contribution in [2.24, 2.45) is 0 Å². The molecular weight excluding hydrogens is 288 g/mol. The minimum Gasteiger partial charge on any atom is -0.368 e. The highest BCUT2D eigenvalue weighted by molar-refractivity contribution is 8.00. The summed E-state index contributed by atoms with van der Waals surface area (Å²) in [6.07, 6.45) is 8.84. The first-order valence-electron chi connectivity index (χ1n) is 7.02. The second-order valence-electron chi connectivity index (χ2n) is 5.37. The fourth-order valence-electron chi connectivity index (χ4n) is 2.90. The lowest BCUT2D eigenvalue weighted by molar-refractivity contribution is 0.411. The highest BCUT2D eigenvalue weighted by Gasteiger charge is 2.31. The molecule has 0 amide bonds. The van der Waals surface area contributed by atoms with Crippen LogP contribution >= 0.6 is 23.1 Å². The zero-order chi connectivity index (χ0) is 14.0. The molecule has 0 spiro atoms. The normalized spacial score (nSPS) is 18.2. The lowest BCUT2D eigenvalue weighted by atomic mass is 9.88. The number of nitrogen functional groups attached to an aromatic ring is 1. The van der Waals surface area contributed by atoms with E-state index in [1.54, 1.807) is 11.3 Å². The standard InChI is InChI=1S/C14H20N4S2/c1-19-14(6-3-2-4-7-14)9-16-11-10-5-8-20-12(10)18-13(15)17-11/h5,8H,2-4,6-7,9H2,1H3,(H3,15,16,17,18). The summed E-state index contributed by atoms with van der Waals surface area (Å²) in [4.78, 5) is 9.60. The SMILES string of the molecule is CSC1(CNc2nc(N)nc3sccc23)CCCCC1. The van der Waals surface area contributed by atoms with Crippen molar-refractivity contribution in [1.29, 1.82) is 0 Å². The Hall–Kier alpha value is -1.01. The van der Waals surface area contributed by atoms with Crippen molar-refractivity contribution in [2.45, 2.75) is 36.9 Å². The Balaban J connectivity index is 1.80. The number of rotatable bonds is 4. The molecule has 2 aromatic heterocycles. The Kier molecular flexibility index (Phi) is 4.03. The predicted molar refractivity (Wildman–Crippen MR) is 89.6 cm³/mol. The van der Waals surface area contributed by atoms with Crippen LogP contribution in [0.4, 0.5) is 11.8 Å². The lowest BCUT2D eigenvalue weighted by Gasteiger charge is -2.36. The molecule has 1 fully saturated rings. The van der Waals surface area contributed by atoms with Crippen LogP contribution in [0.25, 0.3) is 10.2 Å². The van der Waals surface area contributed by atoms with E-state index in [-0.39, 0.29) is 0 Å². The highest BCUT2D eigenvalue weighted by Crippen LogP contribution is 2.39. The third kappa shape index (κ3) is 2.72. The van der Waals surface area contributed by atoms with Crippen LogP contribution in [0.5, 0.6) is 0 Å². The number of fused-ring (bicyclic) bond motifs is 1. The van der Waals surface area contributed by atoms with Gasteiger partial charge in [0.25, 0.3) is 0 Å². The van der Waals surface area contributed by atoms with Crippen LogP contribution in [0, 0.1) is 0 Å². The Morgan fingerprint density at radius 2 is 2.15 bits per heavy atom. The number of thioether (sulfide) groups is 1. The number of thiophene rings is 1. The molecule has 1 aliphatic carbocycles. The van der Waals surface area contributed by atoms with E-state index in [9.17, 15) is 0 Å². The minimum absolute atomic E-state index is 0.348. The van der Waals surface area contributed by atoms with Gasteiger partial charge in [-0.1, -0.05) is 19.3 Å². The van der Waals surface area contributed by atoms with E-state index < -0.39 is 0 Å². The van der Waals surface area contributed by atoms with E-state index in [0.29, 0.717) is 10.7 Å². The van der Waals surface area contributed by atoms with Gasteiger partial charge in [-0.15, -0.1) is 11.3 Å². The van der Waals surface area contributed by atoms with Gasteiger partial charge in [0.2, 0.25) is 5.95 Å². The zero-order valence-corrected chi connectivity index (χ0v) is 13.3. The molecule has 20 heavy (non-hydrogen) atoms. The van der Waals surface area contributed by atoms with Gasteiger partial charge >= 0.3 is 0 Å². The van der Waals surface area contributed by atoms with Crippen molar-refractivity contribution in [1.82, 2.24) is 9.97 Å². The topological polar surface area (TPSA) is 63.8 Å². The van der Waals surface area contributed by atoms with Crippen molar-refractivity contribution in [2.75, 3.05) is 23.9 Å². The number of aromatic nitrogens is 2. The maximum atomic E-state index is 5.80. The van der Waals surface area contributed by atoms with E-state index in [4.69, 9.17) is 5.73 Å². The largest absolute Gasteiger partial charge is 0.368 e. The number of nitrogens with one attached hydrogen (secondary N) is 1. The first-order valence-corrected chi connectivity index (χ1v) is 9.13. The third-order valence-electron chi connectivity index (χ3n) is 4.12. The summed E-state index contributed by atoms with van der Waals surface area (Å²) in [6.45, 7) is 0.954. The molecule has 0 aliphatic heterocycles. The zero-order valence-electron chi connectivity index (χ0n) is 11.7. The number of hydrogen-bond donors (Lipinski definition) is 2. The predicted octanol–water partition coefficient (Wildman–Crippen LogP) is 3.75. The van der Waals surface area contributed by atoms with Gasteiger partial charge in [0.1, 0.15) is 10.6 Å².